The van der Waals surface area contributed by atoms with E-state index in [0.29, 0.717) is 16.7 Å². The van der Waals surface area contributed by atoms with Crippen molar-refractivity contribution in [1.82, 2.24) is 4.90 Å². The fourth-order valence-electron chi connectivity index (χ4n) is 2.01. The normalized spacial score (nSPS) is 22.2. The molecule has 1 saturated heterocycles. The van der Waals surface area contributed by atoms with E-state index in [4.69, 9.17) is 5.73 Å². The molecule has 0 bridgehead atoms. The Morgan fingerprint density at radius 1 is 1.56 bits per heavy atom. The Balaban J connectivity index is 2.05. The molecule has 16 heavy (non-hydrogen) atoms. The van der Waals surface area contributed by atoms with Crippen molar-refractivity contribution in [2.45, 2.75) is 18.7 Å². The molecule has 1 unspecified atom stereocenters. The minimum absolute atomic E-state index is 0.347. The van der Waals surface area contributed by atoms with E-state index in [-0.39, 0.29) is 0 Å². The quantitative estimate of drug-likeness (QED) is 0.610. The van der Waals surface area contributed by atoms with Crippen molar-refractivity contribution in [3.05, 3.63) is 23.8 Å². The highest BCUT2D eigenvalue weighted by Crippen LogP contribution is 2.24. The van der Waals surface area contributed by atoms with Gasteiger partial charge in [-0.2, -0.15) is 11.8 Å². The van der Waals surface area contributed by atoms with E-state index >= 15 is 0 Å². The second kappa shape index (κ2) is 4.97. The molecule has 0 saturated carbocycles. The van der Waals surface area contributed by atoms with E-state index in [1.165, 1.54) is 5.75 Å². The summed E-state index contributed by atoms with van der Waals surface area (Å²) in [6.45, 7) is 5.21. The monoisotopic (exact) mass is 238 g/mol. The van der Waals surface area contributed by atoms with Crippen LogP contribution in [-0.4, -0.2) is 34.1 Å². The molecule has 3 N–H and O–H groups in total. The van der Waals surface area contributed by atoms with Gasteiger partial charge in [-0.1, -0.05) is 6.92 Å². The summed E-state index contributed by atoms with van der Waals surface area (Å²) in [7, 11) is 0. The van der Waals surface area contributed by atoms with Gasteiger partial charge >= 0.3 is 0 Å². The van der Waals surface area contributed by atoms with Crippen LogP contribution in [0.15, 0.2) is 18.2 Å². The molecule has 1 fully saturated rings. The fourth-order valence-corrected chi connectivity index (χ4v) is 3.09. The zero-order valence-corrected chi connectivity index (χ0v) is 10.3. The summed E-state index contributed by atoms with van der Waals surface area (Å²) >= 11 is 2.01. The molecule has 0 spiro atoms. The molecular formula is C12H18N2OS. The lowest BCUT2D eigenvalue weighted by Gasteiger charge is -2.30. The van der Waals surface area contributed by atoms with Gasteiger partial charge in [0.1, 0.15) is 5.75 Å². The summed E-state index contributed by atoms with van der Waals surface area (Å²) in [6.07, 6.45) is 0. The maximum atomic E-state index is 9.74. The highest BCUT2D eigenvalue weighted by Gasteiger charge is 2.17. The number of aromatic hydroxyl groups is 1. The van der Waals surface area contributed by atoms with E-state index < -0.39 is 0 Å². The van der Waals surface area contributed by atoms with Gasteiger partial charge in [-0.25, -0.2) is 0 Å². The Morgan fingerprint density at radius 2 is 2.38 bits per heavy atom. The maximum absolute atomic E-state index is 9.74. The van der Waals surface area contributed by atoms with Gasteiger partial charge in [0.05, 0.1) is 0 Å². The van der Waals surface area contributed by atoms with Crippen LogP contribution in [0.1, 0.15) is 12.5 Å². The minimum Gasteiger partial charge on any atom is -0.508 e. The van der Waals surface area contributed by atoms with E-state index in [0.717, 1.165) is 25.2 Å². The van der Waals surface area contributed by atoms with Crippen molar-refractivity contribution < 1.29 is 5.11 Å². The van der Waals surface area contributed by atoms with Crippen LogP contribution >= 0.6 is 11.8 Å². The summed E-state index contributed by atoms with van der Waals surface area (Å²) < 4.78 is 0. The van der Waals surface area contributed by atoms with Gasteiger partial charge in [0.25, 0.3) is 0 Å². The van der Waals surface area contributed by atoms with Gasteiger partial charge in [-0.05, 0) is 18.2 Å². The van der Waals surface area contributed by atoms with Crippen molar-refractivity contribution in [3.8, 4) is 5.75 Å². The first-order chi connectivity index (χ1) is 7.65. The first-order valence-electron chi connectivity index (χ1n) is 5.56. The predicted molar refractivity (Wildman–Crippen MR) is 69.7 cm³/mol. The number of rotatable bonds is 2. The number of hydrogen-bond acceptors (Lipinski definition) is 4. The molecule has 1 atom stereocenters. The SMILES string of the molecule is CC1CN(Cc2cc(N)ccc2O)CCS1. The van der Waals surface area contributed by atoms with Gasteiger partial charge in [0.2, 0.25) is 0 Å². The minimum atomic E-state index is 0.347. The third-order valence-electron chi connectivity index (χ3n) is 2.82. The van der Waals surface area contributed by atoms with Crippen molar-refractivity contribution in [2.24, 2.45) is 0 Å². The average molecular weight is 238 g/mol. The molecule has 3 nitrogen and oxygen atoms in total. The highest BCUT2D eigenvalue weighted by molar-refractivity contribution is 7.99. The van der Waals surface area contributed by atoms with Crippen molar-refractivity contribution >= 4 is 17.4 Å². The Bertz CT molecular complexity index is 370. The lowest BCUT2D eigenvalue weighted by molar-refractivity contribution is 0.274. The summed E-state index contributed by atoms with van der Waals surface area (Å²) in [5.41, 5.74) is 7.37. The molecule has 2 rings (SSSR count). The molecule has 1 aromatic carbocycles. The summed E-state index contributed by atoms with van der Waals surface area (Å²) in [5, 5.41) is 10.4. The number of hydrogen-bond donors (Lipinski definition) is 2. The second-order valence-corrected chi connectivity index (χ2v) is 5.85. The van der Waals surface area contributed by atoms with Crippen LogP contribution in [-0.2, 0) is 6.54 Å². The zero-order chi connectivity index (χ0) is 11.5. The Morgan fingerprint density at radius 3 is 3.12 bits per heavy atom. The third-order valence-corrected chi connectivity index (χ3v) is 3.96. The number of nitrogen functional groups attached to an aromatic ring is 1. The third kappa shape index (κ3) is 2.83. The molecule has 4 heteroatoms. The van der Waals surface area contributed by atoms with Crippen molar-refractivity contribution in [1.29, 1.82) is 0 Å². The Kier molecular flexibility index (Phi) is 3.61. The lowest BCUT2D eigenvalue weighted by atomic mass is 10.1. The van der Waals surface area contributed by atoms with Crippen LogP contribution in [0.5, 0.6) is 5.75 Å². The standard InChI is InChI=1S/C12H18N2OS/c1-9-7-14(4-5-16-9)8-10-6-11(13)2-3-12(10)15/h2-3,6,9,15H,4-5,7-8,13H2,1H3. The summed E-state index contributed by atoms with van der Waals surface area (Å²) in [4.78, 5) is 2.37. The van der Waals surface area contributed by atoms with Crippen LogP contribution in [0.2, 0.25) is 0 Å². The molecule has 1 heterocycles. The highest BCUT2D eigenvalue weighted by atomic mass is 32.2. The van der Waals surface area contributed by atoms with Gasteiger partial charge < -0.3 is 10.8 Å². The Hall–Kier alpha value is -0.870. The number of nitrogens with zero attached hydrogens (tertiary/aromatic N) is 1. The molecule has 1 aromatic rings. The maximum Gasteiger partial charge on any atom is 0.120 e. The molecule has 88 valence electrons. The number of thioether (sulfide) groups is 1. The molecule has 0 aromatic heterocycles. The molecular weight excluding hydrogens is 220 g/mol. The smallest absolute Gasteiger partial charge is 0.120 e. The molecule has 0 radical (unpaired) electrons. The van der Waals surface area contributed by atoms with Crippen LogP contribution in [0.4, 0.5) is 5.69 Å². The van der Waals surface area contributed by atoms with Gasteiger partial charge in [-0.15, -0.1) is 0 Å². The van der Waals surface area contributed by atoms with E-state index in [1.807, 2.05) is 17.8 Å². The van der Waals surface area contributed by atoms with E-state index in [9.17, 15) is 5.11 Å². The fraction of sp³-hybridized carbons (Fsp3) is 0.500. The van der Waals surface area contributed by atoms with E-state index in [1.54, 1.807) is 12.1 Å². The van der Waals surface area contributed by atoms with E-state index in [2.05, 4.69) is 11.8 Å². The molecule has 1 aliphatic heterocycles. The number of phenols is 1. The predicted octanol–water partition coefficient (Wildman–Crippen LogP) is 1.91. The van der Waals surface area contributed by atoms with Crippen LogP contribution in [0.3, 0.4) is 0 Å². The summed E-state index contributed by atoms with van der Waals surface area (Å²) in [5.74, 6) is 1.52. The number of nitrogens with two attached hydrogens (primary N) is 1. The Labute approximate surface area is 101 Å². The number of anilines is 1. The van der Waals surface area contributed by atoms with Crippen molar-refractivity contribution in [2.75, 3.05) is 24.6 Å². The summed E-state index contributed by atoms with van der Waals surface area (Å²) in [6, 6.07) is 5.27. The topological polar surface area (TPSA) is 49.5 Å². The molecule has 0 amide bonds. The van der Waals surface area contributed by atoms with Gasteiger partial charge in [0.15, 0.2) is 0 Å². The van der Waals surface area contributed by atoms with Crippen LogP contribution in [0.25, 0.3) is 0 Å². The largest absolute Gasteiger partial charge is 0.508 e. The molecule has 1 aliphatic rings. The lowest BCUT2D eigenvalue weighted by Crippen LogP contribution is -2.36. The van der Waals surface area contributed by atoms with Crippen LogP contribution in [0, 0.1) is 0 Å². The first-order valence-corrected chi connectivity index (χ1v) is 6.61. The first kappa shape index (κ1) is 11.6. The average Bonchev–Trinajstić information content (AvgIpc) is 2.24. The molecule has 0 aliphatic carbocycles. The van der Waals surface area contributed by atoms with Crippen molar-refractivity contribution in [3.63, 3.8) is 0 Å². The van der Waals surface area contributed by atoms with Gasteiger partial charge in [0, 0.05) is 41.9 Å². The van der Waals surface area contributed by atoms with Crippen LogP contribution < -0.4 is 5.73 Å². The number of benzene rings is 1. The number of phenolic OH excluding ortho intramolecular Hbond substituents is 1. The zero-order valence-electron chi connectivity index (χ0n) is 9.52. The second-order valence-electron chi connectivity index (χ2n) is 4.30. The van der Waals surface area contributed by atoms with Gasteiger partial charge in [-0.3, -0.25) is 4.90 Å².